The SMILES string of the molecule is O=C(NCC(c1ccc2c(c1)OCO2)N1CCN(c2ccccc2)CC1)Nc1cccc(Cl)c1. The molecule has 7 nitrogen and oxygen atoms in total. The van der Waals surface area contributed by atoms with Gasteiger partial charge in [-0.05, 0) is 48.0 Å². The van der Waals surface area contributed by atoms with E-state index in [1.54, 1.807) is 18.2 Å². The van der Waals surface area contributed by atoms with E-state index < -0.39 is 0 Å². The molecule has 2 amide bonds. The summed E-state index contributed by atoms with van der Waals surface area (Å²) in [6.45, 7) is 4.29. The predicted molar refractivity (Wildman–Crippen MR) is 134 cm³/mol. The Bertz CT molecular complexity index is 1140. The average Bonchev–Trinajstić information content (AvgIpc) is 3.33. The van der Waals surface area contributed by atoms with Gasteiger partial charge in [0.1, 0.15) is 0 Å². The topological polar surface area (TPSA) is 66.1 Å². The van der Waals surface area contributed by atoms with Gasteiger partial charge < -0.3 is 25.0 Å². The van der Waals surface area contributed by atoms with Gasteiger partial charge in [-0.25, -0.2) is 4.79 Å². The minimum atomic E-state index is -0.268. The van der Waals surface area contributed by atoms with Gasteiger partial charge in [-0.2, -0.15) is 0 Å². The zero-order valence-corrected chi connectivity index (χ0v) is 19.5. The highest BCUT2D eigenvalue weighted by atomic mass is 35.5. The number of anilines is 2. The molecule has 2 aliphatic heterocycles. The number of benzene rings is 3. The molecule has 8 heteroatoms. The molecule has 34 heavy (non-hydrogen) atoms. The zero-order valence-electron chi connectivity index (χ0n) is 18.7. The maximum atomic E-state index is 12.6. The van der Waals surface area contributed by atoms with Gasteiger partial charge in [0, 0.05) is 49.1 Å². The third kappa shape index (κ3) is 5.21. The van der Waals surface area contributed by atoms with Crippen molar-refractivity contribution in [3.8, 4) is 11.5 Å². The van der Waals surface area contributed by atoms with Crippen molar-refractivity contribution in [1.29, 1.82) is 0 Å². The smallest absolute Gasteiger partial charge is 0.319 e. The molecule has 2 aliphatic rings. The number of nitrogens with zero attached hydrogens (tertiary/aromatic N) is 2. The van der Waals surface area contributed by atoms with Gasteiger partial charge in [-0.15, -0.1) is 0 Å². The van der Waals surface area contributed by atoms with Gasteiger partial charge in [-0.1, -0.05) is 41.9 Å². The van der Waals surface area contributed by atoms with Crippen LogP contribution in [0.3, 0.4) is 0 Å². The minimum Gasteiger partial charge on any atom is -0.454 e. The molecular weight excluding hydrogens is 452 g/mol. The first kappa shape index (κ1) is 22.4. The summed E-state index contributed by atoms with van der Waals surface area (Å²) in [5, 5.41) is 6.47. The zero-order chi connectivity index (χ0) is 23.3. The number of hydrogen-bond donors (Lipinski definition) is 2. The fourth-order valence-electron chi connectivity index (χ4n) is 4.44. The molecule has 2 N–H and O–H groups in total. The van der Waals surface area contributed by atoms with Crippen LogP contribution in [-0.4, -0.2) is 50.4 Å². The molecular formula is C26H27ClN4O3. The lowest BCUT2D eigenvalue weighted by molar-refractivity contribution is 0.173. The summed E-state index contributed by atoms with van der Waals surface area (Å²) in [4.78, 5) is 17.4. The second kappa shape index (κ2) is 10.2. The van der Waals surface area contributed by atoms with E-state index in [1.807, 2.05) is 24.3 Å². The van der Waals surface area contributed by atoms with Gasteiger partial charge in [-0.3, -0.25) is 4.90 Å². The van der Waals surface area contributed by atoms with Gasteiger partial charge in [0.2, 0.25) is 6.79 Å². The predicted octanol–water partition coefficient (Wildman–Crippen LogP) is 4.75. The summed E-state index contributed by atoms with van der Waals surface area (Å²) >= 11 is 6.04. The number of rotatable bonds is 6. The second-order valence-corrected chi connectivity index (χ2v) is 8.77. The van der Waals surface area contributed by atoms with E-state index in [-0.39, 0.29) is 18.9 Å². The summed E-state index contributed by atoms with van der Waals surface area (Å²) in [5.41, 5.74) is 2.97. The van der Waals surface area contributed by atoms with Crippen molar-refractivity contribution in [3.05, 3.63) is 83.4 Å². The highest BCUT2D eigenvalue weighted by molar-refractivity contribution is 6.30. The lowest BCUT2D eigenvalue weighted by Gasteiger charge is -2.40. The van der Waals surface area contributed by atoms with Crippen LogP contribution >= 0.6 is 11.6 Å². The Hall–Kier alpha value is -3.42. The summed E-state index contributed by atoms with van der Waals surface area (Å²) in [6.07, 6.45) is 0. The fourth-order valence-corrected chi connectivity index (χ4v) is 4.63. The largest absolute Gasteiger partial charge is 0.454 e. The number of ether oxygens (including phenoxy) is 2. The van der Waals surface area contributed by atoms with Crippen LogP contribution < -0.4 is 25.0 Å². The van der Waals surface area contributed by atoms with Crippen molar-refractivity contribution >= 4 is 29.0 Å². The summed E-state index contributed by atoms with van der Waals surface area (Å²) in [7, 11) is 0. The Labute approximate surface area is 204 Å². The van der Waals surface area contributed by atoms with Crippen LogP contribution in [0.25, 0.3) is 0 Å². The average molecular weight is 479 g/mol. The first-order valence-corrected chi connectivity index (χ1v) is 11.8. The number of halogens is 1. The number of amides is 2. The highest BCUT2D eigenvalue weighted by Gasteiger charge is 2.27. The maximum Gasteiger partial charge on any atom is 0.319 e. The van der Waals surface area contributed by atoms with Crippen LogP contribution in [0.15, 0.2) is 72.8 Å². The molecule has 1 atom stereocenters. The fraction of sp³-hybridized carbons (Fsp3) is 0.269. The molecule has 5 rings (SSSR count). The molecule has 3 aromatic carbocycles. The number of carbonyl (C=O) groups excluding carboxylic acids is 1. The Morgan fingerprint density at radius 2 is 1.71 bits per heavy atom. The van der Waals surface area contributed by atoms with Crippen LogP contribution in [-0.2, 0) is 0 Å². The van der Waals surface area contributed by atoms with Crippen molar-refractivity contribution in [2.45, 2.75) is 6.04 Å². The number of urea groups is 1. The molecule has 1 fully saturated rings. The van der Waals surface area contributed by atoms with E-state index in [1.165, 1.54) is 5.69 Å². The molecule has 0 saturated carbocycles. The van der Waals surface area contributed by atoms with Crippen LogP contribution in [0.5, 0.6) is 11.5 Å². The molecule has 0 radical (unpaired) electrons. The van der Waals surface area contributed by atoms with Gasteiger partial charge in [0.15, 0.2) is 11.5 Å². The number of fused-ring (bicyclic) bond motifs is 1. The Morgan fingerprint density at radius 1 is 0.912 bits per heavy atom. The molecule has 1 saturated heterocycles. The lowest BCUT2D eigenvalue weighted by Crippen LogP contribution is -2.50. The minimum absolute atomic E-state index is 0.00228. The molecule has 0 aliphatic carbocycles. The Kier molecular flexibility index (Phi) is 6.74. The lowest BCUT2D eigenvalue weighted by atomic mass is 10.0. The number of hydrogen-bond acceptors (Lipinski definition) is 5. The Morgan fingerprint density at radius 3 is 2.50 bits per heavy atom. The monoisotopic (exact) mass is 478 g/mol. The van der Waals surface area contributed by atoms with Crippen molar-refractivity contribution in [3.63, 3.8) is 0 Å². The molecule has 0 bridgehead atoms. The van der Waals surface area contributed by atoms with Crippen molar-refractivity contribution in [2.24, 2.45) is 0 Å². The first-order chi connectivity index (χ1) is 16.7. The summed E-state index contributed by atoms with van der Waals surface area (Å²) in [6, 6.07) is 23.3. The Balaban J connectivity index is 1.28. The van der Waals surface area contributed by atoms with E-state index in [2.05, 4.69) is 50.8 Å². The third-order valence-corrected chi connectivity index (χ3v) is 6.43. The van der Waals surface area contributed by atoms with E-state index in [9.17, 15) is 4.79 Å². The van der Waals surface area contributed by atoms with Crippen molar-refractivity contribution in [1.82, 2.24) is 10.2 Å². The van der Waals surface area contributed by atoms with Gasteiger partial charge >= 0.3 is 6.03 Å². The first-order valence-electron chi connectivity index (χ1n) is 11.4. The quantitative estimate of drug-likeness (QED) is 0.535. The normalized spacial score (nSPS) is 16.2. The number of piperazine rings is 1. The van der Waals surface area contributed by atoms with Gasteiger partial charge in [0.05, 0.1) is 6.04 Å². The number of nitrogens with one attached hydrogen (secondary N) is 2. The number of carbonyl (C=O) groups is 1. The van der Waals surface area contributed by atoms with Crippen molar-refractivity contribution in [2.75, 3.05) is 49.7 Å². The summed E-state index contributed by atoms with van der Waals surface area (Å²) in [5.74, 6) is 1.50. The molecule has 0 aromatic heterocycles. The van der Waals surface area contributed by atoms with Crippen LogP contribution in [0.2, 0.25) is 5.02 Å². The van der Waals surface area contributed by atoms with Crippen LogP contribution in [0.1, 0.15) is 11.6 Å². The summed E-state index contributed by atoms with van der Waals surface area (Å²) < 4.78 is 11.1. The third-order valence-electron chi connectivity index (χ3n) is 6.20. The maximum absolute atomic E-state index is 12.6. The van der Waals surface area contributed by atoms with E-state index >= 15 is 0 Å². The molecule has 1 unspecified atom stereocenters. The molecule has 176 valence electrons. The second-order valence-electron chi connectivity index (χ2n) is 8.33. The number of para-hydroxylation sites is 1. The van der Waals surface area contributed by atoms with Crippen LogP contribution in [0.4, 0.5) is 16.2 Å². The van der Waals surface area contributed by atoms with Crippen molar-refractivity contribution < 1.29 is 14.3 Å². The van der Waals surface area contributed by atoms with E-state index in [0.717, 1.165) is 43.2 Å². The van der Waals surface area contributed by atoms with Crippen LogP contribution in [0, 0.1) is 0 Å². The van der Waals surface area contributed by atoms with E-state index in [0.29, 0.717) is 17.3 Å². The standard InChI is InChI=1S/C26H27ClN4O3/c27-20-5-4-6-21(16-20)29-26(32)28-17-23(19-9-10-24-25(15-19)34-18-33-24)31-13-11-30(12-14-31)22-7-2-1-3-8-22/h1-10,15-16,23H,11-14,17-18H2,(H2,28,29,32). The van der Waals surface area contributed by atoms with E-state index in [4.69, 9.17) is 21.1 Å². The molecule has 2 heterocycles. The van der Waals surface area contributed by atoms with Gasteiger partial charge in [0.25, 0.3) is 0 Å². The molecule has 0 spiro atoms. The molecule has 3 aromatic rings. The highest BCUT2D eigenvalue weighted by Crippen LogP contribution is 2.35.